The molecule has 7 heteroatoms. The molecule has 34 heavy (non-hydrogen) atoms. The Morgan fingerprint density at radius 1 is 1.03 bits per heavy atom. The van der Waals surface area contributed by atoms with Crippen molar-refractivity contribution in [3.8, 4) is 0 Å². The Balaban J connectivity index is 1.69. The zero-order valence-corrected chi connectivity index (χ0v) is 20.9. The number of anilines is 1. The lowest BCUT2D eigenvalue weighted by Gasteiger charge is -2.37. The lowest BCUT2D eigenvalue weighted by atomic mass is 9.86. The van der Waals surface area contributed by atoms with Crippen LogP contribution in [0.3, 0.4) is 0 Å². The van der Waals surface area contributed by atoms with Gasteiger partial charge >= 0.3 is 0 Å². The van der Waals surface area contributed by atoms with Crippen LogP contribution < -0.4 is 20.9 Å². The second-order valence-electron chi connectivity index (χ2n) is 11.2. The summed E-state index contributed by atoms with van der Waals surface area (Å²) < 4.78 is 0. The zero-order chi connectivity index (χ0) is 24.3. The molecule has 2 saturated heterocycles. The molecule has 2 heterocycles. The first-order valence-corrected chi connectivity index (χ1v) is 13.0. The van der Waals surface area contributed by atoms with E-state index in [2.05, 4.69) is 36.7 Å². The number of carbonyl (C=O) groups excluding carboxylic acids is 3. The minimum Gasteiger partial charge on any atom is -0.356 e. The predicted molar refractivity (Wildman–Crippen MR) is 134 cm³/mol. The minimum absolute atomic E-state index is 0.0140. The van der Waals surface area contributed by atoms with Crippen LogP contribution in [0.25, 0.3) is 0 Å². The van der Waals surface area contributed by atoms with Crippen molar-refractivity contribution in [2.75, 3.05) is 18.0 Å². The lowest BCUT2D eigenvalue weighted by molar-refractivity contribution is -0.129. The molecule has 2 aliphatic heterocycles. The molecule has 0 aromatic heterocycles. The van der Waals surface area contributed by atoms with E-state index in [-0.39, 0.29) is 47.6 Å². The number of nitrogens with one attached hydrogen (secondary N) is 3. The first-order valence-electron chi connectivity index (χ1n) is 13.0. The minimum atomic E-state index is -0.726. The molecule has 1 saturated carbocycles. The highest BCUT2D eigenvalue weighted by Crippen LogP contribution is 2.31. The molecule has 0 bridgehead atoms. The molecule has 3 N–H and O–H groups in total. The topological polar surface area (TPSA) is 90.5 Å². The van der Waals surface area contributed by atoms with E-state index in [9.17, 15) is 14.4 Å². The quantitative estimate of drug-likeness (QED) is 0.599. The van der Waals surface area contributed by atoms with Crippen LogP contribution in [0.1, 0.15) is 77.7 Å². The van der Waals surface area contributed by atoms with Crippen LogP contribution in [0.2, 0.25) is 0 Å². The Kier molecular flexibility index (Phi) is 7.60. The third-order valence-corrected chi connectivity index (χ3v) is 7.56. The summed E-state index contributed by atoms with van der Waals surface area (Å²) >= 11 is 0. The van der Waals surface area contributed by atoms with Crippen molar-refractivity contribution in [1.82, 2.24) is 16.0 Å². The van der Waals surface area contributed by atoms with Crippen LogP contribution in [-0.4, -0.2) is 48.9 Å². The van der Waals surface area contributed by atoms with Crippen molar-refractivity contribution >= 4 is 23.4 Å². The van der Waals surface area contributed by atoms with Gasteiger partial charge in [0, 0.05) is 30.6 Å². The van der Waals surface area contributed by atoms with Gasteiger partial charge in [-0.15, -0.1) is 0 Å². The molecule has 1 aromatic carbocycles. The van der Waals surface area contributed by atoms with Crippen LogP contribution in [0.4, 0.5) is 5.69 Å². The first kappa shape index (κ1) is 24.7. The van der Waals surface area contributed by atoms with E-state index in [0.29, 0.717) is 6.54 Å². The number of benzene rings is 1. The smallest absolute Gasteiger partial charge is 0.244 e. The molecule has 3 amide bonds. The summed E-state index contributed by atoms with van der Waals surface area (Å²) in [5.41, 5.74) is 1.87. The largest absolute Gasteiger partial charge is 0.356 e. The summed E-state index contributed by atoms with van der Waals surface area (Å²) in [5.74, 6) is -0.539. The number of rotatable bonds is 6. The summed E-state index contributed by atoms with van der Waals surface area (Å²) in [7, 11) is 0. The highest BCUT2D eigenvalue weighted by molar-refractivity contribution is 6.04. The van der Waals surface area contributed by atoms with Crippen LogP contribution in [-0.2, 0) is 19.8 Å². The average Bonchev–Trinajstić information content (AvgIpc) is 3.49. The van der Waals surface area contributed by atoms with Gasteiger partial charge in [0.1, 0.15) is 6.04 Å². The standard InChI is InChI=1S/C27H40N4O3/c1-27(2,3)19-11-13-21(14-12-19)31(26(34)22-10-7-15-28-22)24(18-16-23(32)29-17-18)25(33)30-20-8-5-4-6-9-20/h11-14,18,20,22,24,28H,4-10,15-17H2,1-3H3,(H,29,32)(H,30,33). The van der Waals surface area contributed by atoms with Crippen molar-refractivity contribution in [1.29, 1.82) is 0 Å². The van der Waals surface area contributed by atoms with Gasteiger partial charge in [-0.25, -0.2) is 0 Å². The van der Waals surface area contributed by atoms with Crippen molar-refractivity contribution in [2.24, 2.45) is 5.92 Å². The van der Waals surface area contributed by atoms with Gasteiger partial charge in [0.25, 0.3) is 0 Å². The molecular weight excluding hydrogens is 428 g/mol. The maximum Gasteiger partial charge on any atom is 0.244 e. The molecule has 0 radical (unpaired) electrons. The van der Waals surface area contributed by atoms with Crippen LogP contribution >= 0.6 is 0 Å². The SMILES string of the molecule is CC(C)(C)c1ccc(N(C(=O)C2CCCN2)C(C(=O)NC2CCCCC2)C2CNC(=O)C2)cc1. The molecule has 3 fully saturated rings. The van der Waals surface area contributed by atoms with Gasteiger partial charge in [0.15, 0.2) is 0 Å². The summed E-state index contributed by atoms with van der Waals surface area (Å²) in [5, 5.41) is 9.44. The van der Waals surface area contributed by atoms with Gasteiger partial charge in [-0.3, -0.25) is 19.3 Å². The molecule has 0 spiro atoms. The van der Waals surface area contributed by atoms with Gasteiger partial charge in [-0.2, -0.15) is 0 Å². The summed E-state index contributed by atoms with van der Waals surface area (Å²) in [4.78, 5) is 41.5. The number of amides is 3. The number of carbonyl (C=O) groups is 3. The van der Waals surface area contributed by atoms with E-state index < -0.39 is 6.04 Å². The van der Waals surface area contributed by atoms with Crippen LogP contribution in [0.5, 0.6) is 0 Å². The molecule has 3 aliphatic rings. The van der Waals surface area contributed by atoms with E-state index in [1.54, 1.807) is 4.90 Å². The molecular formula is C27H40N4O3. The molecule has 7 nitrogen and oxygen atoms in total. The third kappa shape index (κ3) is 5.62. The van der Waals surface area contributed by atoms with Crippen molar-refractivity contribution in [3.05, 3.63) is 29.8 Å². The van der Waals surface area contributed by atoms with Crippen molar-refractivity contribution in [3.63, 3.8) is 0 Å². The fraction of sp³-hybridized carbons (Fsp3) is 0.667. The maximum absolute atomic E-state index is 13.9. The van der Waals surface area contributed by atoms with E-state index in [1.807, 2.05) is 24.3 Å². The first-order chi connectivity index (χ1) is 16.2. The third-order valence-electron chi connectivity index (χ3n) is 7.56. The number of nitrogens with zero attached hydrogens (tertiary/aromatic N) is 1. The Morgan fingerprint density at radius 2 is 1.74 bits per heavy atom. The number of hydrogen-bond acceptors (Lipinski definition) is 4. The van der Waals surface area contributed by atoms with E-state index in [0.717, 1.165) is 50.8 Å². The monoisotopic (exact) mass is 468 g/mol. The molecule has 186 valence electrons. The second-order valence-corrected chi connectivity index (χ2v) is 11.2. The molecule has 1 aromatic rings. The molecule has 3 unspecified atom stereocenters. The maximum atomic E-state index is 13.9. The number of hydrogen-bond donors (Lipinski definition) is 3. The fourth-order valence-corrected chi connectivity index (χ4v) is 5.54. The highest BCUT2D eigenvalue weighted by atomic mass is 16.2. The molecule has 3 atom stereocenters. The van der Waals surface area contributed by atoms with E-state index in [4.69, 9.17) is 0 Å². The van der Waals surface area contributed by atoms with E-state index in [1.165, 1.54) is 12.0 Å². The Labute approximate surface area is 203 Å². The van der Waals surface area contributed by atoms with Gasteiger partial charge in [-0.1, -0.05) is 52.2 Å². The van der Waals surface area contributed by atoms with Crippen LogP contribution in [0, 0.1) is 5.92 Å². The fourth-order valence-electron chi connectivity index (χ4n) is 5.54. The Hall–Kier alpha value is -2.41. The Bertz CT molecular complexity index is 880. The average molecular weight is 469 g/mol. The highest BCUT2D eigenvalue weighted by Gasteiger charge is 2.43. The Morgan fingerprint density at radius 3 is 2.29 bits per heavy atom. The summed E-state index contributed by atoms with van der Waals surface area (Å²) in [6.07, 6.45) is 7.32. The van der Waals surface area contributed by atoms with Crippen LogP contribution in [0.15, 0.2) is 24.3 Å². The summed E-state index contributed by atoms with van der Waals surface area (Å²) in [6.45, 7) is 7.68. The van der Waals surface area contributed by atoms with Crippen molar-refractivity contribution in [2.45, 2.75) is 95.7 Å². The molecule has 1 aliphatic carbocycles. The predicted octanol–water partition coefficient (Wildman–Crippen LogP) is 3.02. The van der Waals surface area contributed by atoms with Gasteiger partial charge in [0.2, 0.25) is 17.7 Å². The van der Waals surface area contributed by atoms with Gasteiger partial charge < -0.3 is 16.0 Å². The van der Waals surface area contributed by atoms with Gasteiger partial charge in [0.05, 0.1) is 6.04 Å². The summed E-state index contributed by atoms with van der Waals surface area (Å²) in [6, 6.07) is 7.11. The van der Waals surface area contributed by atoms with Gasteiger partial charge in [-0.05, 0) is 55.3 Å². The molecule has 4 rings (SSSR count). The lowest BCUT2D eigenvalue weighted by Crippen LogP contribution is -2.59. The normalized spacial score (nSPS) is 24.5. The second kappa shape index (κ2) is 10.5. The van der Waals surface area contributed by atoms with E-state index >= 15 is 0 Å². The van der Waals surface area contributed by atoms with Crippen molar-refractivity contribution < 1.29 is 14.4 Å². The zero-order valence-electron chi connectivity index (χ0n) is 20.9.